The van der Waals surface area contributed by atoms with Gasteiger partial charge in [0.15, 0.2) is 12.4 Å². The second-order valence-corrected chi connectivity index (χ2v) is 16.8. The van der Waals surface area contributed by atoms with Crippen LogP contribution in [0.4, 0.5) is 0 Å². The number of aliphatic hydroxyl groups is 3. The van der Waals surface area contributed by atoms with Gasteiger partial charge in [-0.25, -0.2) is 0 Å². The smallest absolute Gasteiger partial charge is 0.306 e. The van der Waals surface area contributed by atoms with Crippen molar-refractivity contribution in [3.05, 3.63) is 48.6 Å². The molecule has 0 amide bonds. The van der Waals surface area contributed by atoms with Crippen LogP contribution in [-0.2, 0) is 38.7 Å². The Morgan fingerprint density at radius 3 is 1.64 bits per heavy atom. The SMILES string of the molecule is CC/C=C/C/C=C/C/C=C/CCCCCCCC(=O)O[C@H](COC(=O)CCCCCCC/C=C/CCCCCCCC)CO[C@H]1O[C@H](CS(=O)(=O)O)[C@@H](O)C(O)C1O. The van der Waals surface area contributed by atoms with Gasteiger partial charge in [0, 0.05) is 12.8 Å². The van der Waals surface area contributed by atoms with E-state index in [0.717, 1.165) is 89.9 Å². The van der Waals surface area contributed by atoms with Crippen molar-refractivity contribution in [3.63, 3.8) is 0 Å². The molecule has 0 aromatic rings. The molecule has 0 bridgehead atoms. The zero-order valence-electron chi connectivity index (χ0n) is 35.6. The first kappa shape index (κ1) is 53.6. The molecule has 1 rings (SSSR count). The third kappa shape index (κ3) is 29.8. The Bertz CT molecular complexity index is 1260. The minimum atomic E-state index is -4.61. The van der Waals surface area contributed by atoms with Gasteiger partial charge in [0.2, 0.25) is 0 Å². The first-order valence-electron chi connectivity index (χ1n) is 22.2. The third-order valence-corrected chi connectivity index (χ3v) is 10.6. The molecule has 0 aliphatic carbocycles. The monoisotopic (exact) mass is 843 g/mol. The number of rotatable bonds is 36. The molecule has 1 aliphatic rings. The quantitative estimate of drug-likeness (QED) is 0.0204. The third-order valence-electron chi connectivity index (χ3n) is 9.89. The standard InChI is InChI=1S/C45H78O12S/c1-3-5-7-9-11-13-15-17-19-21-23-25-27-29-31-33-40(46)54-35-38(36-55-45-44(50)43(49)42(48)39(57-45)37-58(51,52)53)56-41(47)34-32-30-28-26-24-22-20-18-16-14-12-10-8-6-4-2/h6,8,12,14,17-20,38-39,42-45,48-50H,3-5,7,9-11,13,15-16,21-37H2,1-2H3,(H,51,52,53)/b8-6+,14-12+,19-17+,20-18+/t38-,39-,42-,43?,44?,45+/m1/s1. The molecule has 2 unspecified atom stereocenters. The lowest BCUT2D eigenvalue weighted by molar-refractivity contribution is -0.297. The summed E-state index contributed by atoms with van der Waals surface area (Å²) < 4.78 is 54.0. The summed E-state index contributed by atoms with van der Waals surface area (Å²) in [7, 11) is -4.61. The first-order valence-corrected chi connectivity index (χ1v) is 23.8. The predicted molar refractivity (Wildman–Crippen MR) is 229 cm³/mol. The van der Waals surface area contributed by atoms with Gasteiger partial charge in [0.25, 0.3) is 10.1 Å². The van der Waals surface area contributed by atoms with Gasteiger partial charge in [-0.05, 0) is 70.6 Å². The van der Waals surface area contributed by atoms with Gasteiger partial charge < -0.3 is 34.3 Å². The highest BCUT2D eigenvalue weighted by atomic mass is 32.2. The van der Waals surface area contributed by atoms with Crippen LogP contribution in [0.2, 0.25) is 0 Å². The van der Waals surface area contributed by atoms with Crippen LogP contribution in [0.3, 0.4) is 0 Å². The molecule has 1 aliphatic heterocycles. The lowest BCUT2D eigenvalue weighted by Gasteiger charge is -2.40. The summed E-state index contributed by atoms with van der Waals surface area (Å²) in [6.45, 7) is 3.61. The molecule has 1 saturated heterocycles. The van der Waals surface area contributed by atoms with Crippen LogP contribution in [0.15, 0.2) is 48.6 Å². The molecular weight excluding hydrogens is 765 g/mol. The summed E-state index contributed by atoms with van der Waals surface area (Å²) in [5.41, 5.74) is 0. The molecule has 0 spiro atoms. The van der Waals surface area contributed by atoms with Crippen LogP contribution in [0, 0.1) is 0 Å². The highest BCUT2D eigenvalue weighted by molar-refractivity contribution is 7.85. The minimum Gasteiger partial charge on any atom is -0.462 e. The van der Waals surface area contributed by atoms with Crippen LogP contribution in [0.1, 0.15) is 168 Å². The Labute approximate surface area is 350 Å². The van der Waals surface area contributed by atoms with Crippen molar-refractivity contribution in [1.29, 1.82) is 0 Å². The van der Waals surface area contributed by atoms with E-state index >= 15 is 0 Å². The van der Waals surface area contributed by atoms with E-state index in [0.29, 0.717) is 12.8 Å². The van der Waals surface area contributed by atoms with Crippen LogP contribution in [0.25, 0.3) is 0 Å². The van der Waals surface area contributed by atoms with Crippen molar-refractivity contribution in [3.8, 4) is 0 Å². The lowest BCUT2D eigenvalue weighted by Crippen LogP contribution is -2.60. The van der Waals surface area contributed by atoms with E-state index in [1.54, 1.807) is 0 Å². The number of aliphatic hydroxyl groups excluding tert-OH is 3. The number of hydrogen-bond donors (Lipinski definition) is 4. The van der Waals surface area contributed by atoms with E-state index in [4.69, 9.17) is 18.9 Å². The molecule has 336 valence electrons. The topological polar surface area (TPSA) is 186 Å². The fourth-order valence-electron chi connectivity index (χ4n) is 6.45. The molecule has 13 heteroatoms. The van der Waals surface area contributed by atoms with Gasteiger partial charge in [0.1, 0.15) is 36.8 Å². The van der Waals surface area contributed by atoms with Crippen molar-refractivity contribution < 1.29 is 56.8 Å². The van der Waals surface area contributed by atoms with E-state index in [1.165, 1.54) is 38.5 Å². The Kier molecular flexibility index (Phi) is 32.7. The molecular formula is C45H78O12S. The maximum Gasteiger partial charge on any atom is 0.306 e. The van der Waals surface area contributed by atoms with Gasteiger partial charge in [-0.1, -0.05) is 133 Å². The second kappa shape index (κ2) is 35.4. The zero-order chi connectivity index (χ0) is 42.7. The summed E-state index contributed by atoms with van der Waals surface area (Å²) >= 11 is 0. The zero-order valence-corrected chi connectivity index (χ0v) is 36.5. The van der Waals surface area contributed by atoms with Gasteiger partial charge in [-0.15, -0.1) is 0 Å². The second-order valence-electron chi connectivity index (χ2n) is 15.3. The molecule has 12 nitrogen and oxygen atoms in total. The van der Waals surface area contributed by atoms with Crippen molar-refractivity contribution in [1.82, 2.24) is 0 Å². The summed E-state index contributed by atoms with van der Waals surface area (Å²) in [5.74, 6) is -2.02. The average molecular weight is 843 g/mol. The molecule has 58 heavy (non-hydrogen) atoms. The fourth-order valence-corrected chi connectivity index (χ4v) is 7.14. The lowest BCUT2D eigenvalue weighted by atomic mass is 10.00. The number of carbonyl (C=O) groups is 2. The van der Waals surface area contributed by atoms with Crippen molar-refractivity contribution in [2.45, 2.75) is 205 Å². The van der Waals surface area contributed by atoms with E-state index < -0.39 is 71.2 Å². The maximum atomic E-state index is 12.8. The summed E-state index contributed by atoms with van der Waals surface area (Å²) in [4.78, 5) is 25.4. The molecule has 0 aromatic heterocycles. The summed E-state index contributed by atoms with van der Waals surface area (Å²) in [6.07, 6.45) is 31.5. The Balaban J connectivity index is 2.48. The average Bonchev–Trinajstić information content (AvgIpc) is 3.18. The van der Waals surface area contributed by atoms with Gasteiger partial charge in [0.05, 0.1) is 6.61 Å². The molecule has 6 atom stereocenters. The van der Waals surface area contributed by atoms with Crippen molar-refractivity contribution >= 4 is 22.1 Å². The van der Waals surface area contributed by atoms with Crippen LogP contribution in [0.5, 0.6) is 0 Å². The number of esters is 2. The number of hydrogen-bond acceptors (Lipinski definition) is 11. The van der Waals surface area contributed by atoms with E-state index in [9.17, 15) is 37.9 Å². The van der Waals surface area contributed by atoms with Gasteiger partial charge in [-0.2, -0.15) is 8.42 Å². The van der Waals surface area contributed by atoms with E-state index in [-0.39, 0.29) is 19.4 Å². The minimum absolute atomic E-state index is 0.142. The molecule has 1 heterocycles. The van der Waals surface area contributed by atoms with Gasteiger partial charge >= 0.3 is 11.9 Å². The number of unbranched alkanes of at least 4 members (excludes halogenated alkanes) is 16. The van der Waals surface area contributed by atoms with Crippen LogP contribution in [-0.4, -0.2) is 96.0 Å². The molecule has 0 radical (unpaired) electrons. The molecule has 0 saturated carbocycles. The normalized spacial score (nSPS) is 20.8. The predicted octanol–water partition coefficient (Wildman–Crippen LogP) is 8.78. The summed E-state index contributed by atoms with van der Waals surface area (Å²) in [6, 6.07) is 0. The number of ether oxygens (including phenoxy) is 4. The van der Waals surface area contributed by atoms with Gasteiger partial charge in [-0.3, -0.25) is 14.1 Å². The van der Waals surface area contributed by atoms with Crippen molar-refractivity contribution in [2.24, 2.45) is 0 Å². The molecule has 1 fully saturated rings. The summed E-state index contributed by atoms with van der Waals surface area (Å²) in [5, 5.41) is 30.9. The van der Waals surface area contributed by atoms with Crippen LogP contribution >= 0.6 is 0 Å². The Morgan fingerprint density at radius 2 is 1.09 bits per heavy atom. The van der Waals surface area contributed by atoms with Crippen LogP contribution < -0.4 is 0 Å². The number of carbonyl (C=O) groups excluding carboxylic acids is 2. The molecule has 0 aromatic carbocycles. The first-order chi connectivity index (χ1) is 28.0. The Hall–Kier alpha value is -2.39. The fraction of sp³-hybridized carbons (Fsp3) is 0.778. The highest BCUT2D eigenvalue weighted by Gasteiger charge is 2.46. The Morgan fingerprint density at radius 1 is 0.603 bits per heavy atom. The number of allylic oxidation sites excluding steroid dienone is 8. The highest BCUT2D eigenvalue weighted by Crippen LogP contribution is 2.24. The largest absolute Gasteiger partial charge is 0.462 e. The van der Waals surface area contributed by atoms with E-state index in [1.807, 2.05) is 0 Å². The van der Waals surface area contributed by atoms with E-state index in [2.05, 4.69) is 62.5 Å². The molecule has 4 N–H and O–H groups in total. The van der Waals surface area contributed by atoms with Crippen molar-refractivity contribution in [2.75, 3.05) is 19.0 Å². The maximum absolute atomic E-state index is 12.8.